The lowest BCUT2D eigenvalue weighted by Gasteiger charge is -2.17. The Kier molecular flexibility index (Phi) is 9.24. The molecule has 0 spiro atoms. The highest BCUT2D eigenvalue weighted by molar-refractivity contribution is 5.41. The Morgan fingerprint density at radius 2 is 0.943 bits per heavy atom. The van der Waals surface area contributed by atoms with Gasteiger partial charge < -0.3 is 23.7 Å². The summed E-state index contributed by atoms with van der Waals surface area (Å²) in [7, 11) is 0. The van der Waals surface area contributed by atoms with E-state index in [-0.39, 0.29) is 0 Å². The third kappa shape index (κ3) is 7.67. The van der Waals surface area contributed by atoms with Crippen LogP contribution in [-0.4, -0.2) is 31.6 Å². The number of ether oxygens (including phenoxy) is 5. The number of benzene rings is 3. The summed E-state index contributed by atoms with van der Waals surface area (Å²) < 4.78 is 26.2. The summed E-state index contributed by atoms with van der Waals surface area (Å²) in [6.07, 6.45) is 5.84. The molecule has 0 saturated carbocycles. The third-order valence-electron chi connectivity index (χ3n) is 5.11. The van der Waals surface area contributed by atoms with E-state index in [9.17, 15) is 0 Å². The van der Waals surface area contributed by atoms with Gasteiger partial charge in [0.1, 0.15) is 19.0 Å². The van der Waals surface area contributed by atoms with E-state index >= 15 is 0 Å². The smallest absolute Gasteiger partial charge is 0.231 e. The average Bonchev–Trinajstić information content (AvgIpc) is 3.44. The van der Waals surface area contributed by atoms with Crippen LogP contribution in [0.5, 0.6) is 28.7 Å². The van der Waals surface area contributed by atoms with E-state index in [1.807, 2.05) is 78.9 Å². The Labute approximate surface area is 206 Å². The van der Waals surface area contributed by atoms with Gasteiger partial charge in [-0.3, -0.25) is 4.98 Å². The van der Waals surface area contributed by atoms with Crippen molar-refractivity contribution in [3.63, 3.8) is 0 Å². The van der Waals surface area contributed by atoms with Crippen molar-refractivity contribution < 1.29 is 23.7 Å². The first-order valence-corrected chi connectivity index (χ1v) is 11.6. The molecular weight excluding hydrogens is 442 g/mol. The number of hydrogen-bond donors (Lipinski definition) is 0. The van der Waals surface area contributed by atoms with Gasteiger partial charge in [-0.05, 0) is 60.9 Å². The molecule has 6 nitrogen and oxygen atoms in total. The van der Waals surface area contributed by atoms with Crippen LogP contribution in [0.15, 0.2) is 103 Å². The first-order valence-electron chi connectivity index (χ1n) is 11.6. The van der Waals surface area contributed by atoms with E-state index in [1.165, 1.54) is 12.0 Å². The zero-order valence-electron chi connectivity index (χ0n) is 19.5. The zero-order valence-corrected chi connectivity index (χ0v) is 19.5. The molecule has 7 rings (SSSR count). The molecule has 4 heterocycles. The Hall–Kier alpha value is -4.19. The van der Waals surface area contributed by atoms with E-state index < -0.39 is 0 Å². The molecule has 35 heavy (non-hydrogen) atoms. The summed E-state index contributed by atoms with van der Waals surface area (Å²) in [6, 6.07) is 29.3. The maximum absolute atomic E-state index is 5.42. The fraction of sp³-hybridized carbons (Fsp3) is 0.207. The van der Waals surface area contributed by atoms with Crippen LogP contribution in [0, 0.1) is 0 Å². The van der Waals surface area contributed by atoms with E-state index in [0.29, 0.717) is 20.0 Å². The summed E-state index contributed by atoms with van der Waals surface area (Å²) in [5.74, 6) is 4.48. The fourth-order valence-electron chi connectivity index (χ4n) is 3.45. The second kappa shape index (κ2) is 13.5. The lowest BCUT2D eigenvalue weighted by molar-refractivity contribution is 0.171. The van der Waals surface area contributed by atoms with Crippen LogP contribution < -0.4 is 23.7 Å². The molecule has 0 fully saturated rings. The van der Waals surface area contributed by atoms with Gasteiger partial charge in [-0.1, -0.05) is 48.5 Å². The minimum atomic E-state index is 0.360. The van der Waals surface area contributed by atoms with E-state index in [1.54, 1.807) is 12.4 Å². The first kappa shape index (κ1) is 24.0. The van der Waals surface area contributed by atoms with Gasteiger partial charge in [0.2, 0.25) is 6.79 Å². The van der Waals surface area contributed by atoms with Crippen LogP contribution in [0.4, 0.5) is 0 Å². The number of fused-ring (bicyclic) bond motifs is 3. The fourth-order valence-corrected chi connectivity index (χ4v) is 3.45. The van der Waals surface area contributed by atoms with Gasteiger partial charge >= 0.3 is 0 Å². The standard InChI is InChI=1S/C9H10O.C8H8O2.C7H6O2.C5H5N/c1-2-6-9-8(4-1)5-3-7-10-9;1-2-4-8-7(3-1)9-5-6-10-8;1-2-4-7-6(3-1)8-5-9-7;1-2-4-6-5-3-1/h1-2,4,6H,3,5,7H2;1-4H,5-6H2;1-4H,5H2;1-5H. The van der Waals surface area contributed by atoms with Gasteiger partial charge in [0.15, 0.2) is 23.0 Å². The molecule has 4 aromatic rings. The lowest BCUT2D eigenvalue weighted by atomic mass is 10.1. The molecule has 3 aliphatic heterocycles. The summed E-state index contributed by atoms with van der Waals surface area (Å²) in [5, 5.41) is 0. The van der Waals surface area contributed by atoms with Crippen LogP contribution in [0.25, 0.3) is 0 Å². The predicted molar refractivity (Wildman–Crippen MR) is 134 cm³/mol. The van der Waals surface area contributed by atoms with Gasteiger partial charge in [0.25, 0.3) is 0 Å². The maximum Gasteiger partial charge on any atom is 0.231 e. The van der Waals surface area contributed by atoms with Crippen molar-refractivity contribution in [3.05, 3.63) is 109 Å². The normalized spacial score (nSPS) is 13.6. The number of aryl methyl sites for hydroxylation is 1. The molecule has 0 unspecified atom stereocenters. The van der Waals surface area contributed by atoms with Gasteiger partial charge in [0.05, 0.1) is 6.61 Å². The summed E-state index contributed by atoms with van der Waals surface area (Å²) >= 11 is 0. The molecule has 0 atom stereocenters. The summed E-state index contributed by atoms with van der Waals surface area (Å²) in [6.45, 7) is 2.57. The van der Waals surface area contributed by atoms with Crippen LogP contribution in [-0.2, 0) is 6.42 Å². The van der Waals surface area contributed by atoms with Crippen molar-refractivity contribution in [1.82, 2.24) is 4.98 Å². The first-order chi connectivity index (χ1) is 17.4. The van der Waals surface area contributed by atoms with Crippen LogP contribution in [0.3, 0.4) is 0 Å². The SMILES string of the molecule is c1ccc2c(c1)CCCO2.c1ccc2c(c1)OCCO2.c1ccc2c(c1)OCO2.c1ccncc1. The number of aromatic nitrogens is 1. The predicted octanol–water partition coefficient (Wildman–Crippen LogP) is 5.97. The highest BCUT2D eigenvalue weighted by Crippen LogP contribution is 2.30. The van der Waals surface area contributed by atoms with E-state index in [4.69, 9.17) is 23.7 Å². The summed E-state index contributed by atoms with van der Waals surface area (Å²) in [4.78, 5) is 3.78. The summed E-state index contributed by atoms with van der Waals surface area (Å²) in [5.41, 5.74) is 1.36. The van der Waals surface area contributed by atoms with E-state index in [2.05, 4.69) is 17.1 Å². The zero-order chi connectivity index (χ0) is 24.0. The molecule has 0 saturated heterocycles. The number of para-hydroxylation sites is 5. The van der Waals surface area contributed by atoms with Crippen molar-refractivity contribution in [3.8, 4) is 28.7 Å². The van der Waals surface area contributed by atoms with Gasteiger partial charge in [-0.15, -0.1) is 0 Å². The molecule has 3 aliphatic rings. The van der Waals surface area contributed by atoms with Crippen LogP contribution in [0.2, 0.25) is 0 Å². The van der Waals surface area contributed by atoms with Crippen molar-refractivity contribution in [2.45, 2.75) is 12.8 Å². The molecule has 3 aromatic carbocycles. The largest absolute Gasteiger partial charge is 0.493 e. The maximum atomic E-state index is 5.42. The molecule has 0 radical (unpaired) electrons. The van der Waals surface area contributed by atoms with E-state index in [0.717, 1.165) is 41.8 Å². The quantitative estimate of drug-likeness (QED) is 0.315. The molecule has 0 aliphatic carbocycles. The highest BCUT2D eigenvalue weighted by atomic mass is 16.7. The number of rotatable bonds is 0. The number of nitrogens with zero attached hydrogens (tertiary/aromatic N) is 1. The van der Waals surface area contributed by atoms with Gasteiger partial charge in [-0.2, -0.15) is 0 Å². The molecular formula is C29H29NO5. The second-order valence-corrected chi connectivity index (χ2v) is 7.58. The molecule has 0 N–H and O–H groups in total. The van der Waals surface area contributed by atoms with Crippen LogP contribution in [0.1, 0.15) is 12.0 Å². The molecule has 0 amide bonds. The topological polar surface area (TPSA) is 59.0 Å². The minimum Gasteiger partial charge on any atom is -0.493 e. The lowest BCUT2D eigenvalue weighted by Crippen LogP contribution is -2.14. The molecule has 1 aromatic heterocycles. The Bertz CT molecular complexity index is 1000. The average molecular weight is 472 g/mol. The Morgan fingerprint density at radius 3 is 1.43 bits per heavy atom. The van der Waals surface area contributed by atoms with Crippen molar-refractivity contribution in [2.24, 2.45) is 0 Å². The number of pyridine rings is 1. The molecule has 180 valence electrons. The molecule has 0 bridgehead atoms. The second-order valence-electron chi connectivity index (χ2n) is 7.58. The third-order valence-corrected chi connectivity index (χ3v) is 5.11. The van der Waals surface area contributed by atoms with Crippen molar-refractivity contribution in [1.29, 1.82) is 0 Å². The monoisotopic (exact) mass is 471 g/mol. The Morgan fingerprint density at radius 1 is 0.457 bits per heavy atom. The van der Waals surface area contributed by atoms with Gasteiger partial charge in [0, 0.05) is 12.4 Å². The molecule has 6 heteroatoms. The number of hydrogen-bond acceptors (Lipinski definition) is 6. The van der Waals surface area contributed by atoms with Crippen LogP contribution >= 0.6 is 0 Å². The van der Waals surface area contributed by atoms with Crippen molar-refractivity contribution in [2.75, 3.05) is 26.6 Å². The highest BCUT2D eigenvalue weighted by Gasteiger charge is 2.10. The Balaban J connectivity index is 0.000000112. The van der Waals surface area contributed by atoms with Crippen molar-refractivity contribution >= 4 is 0 Å². The minimum absolute atomic E-state index is 0.360. The van der Waals surface area contributed by atoms with Gasteiger partial charge in [-0.25, -0.2) is 0 Å².